The van der Waals surface area contributed by atoms with Crippen LogP contribution in [0.3, 0.4) is 0 Å². The highest BCUT2D eigenvalue weighted by Crippen LogP contribution is 2.36. The van der Waals surface area contributed by atoms with Crippen molar-refractivity contribution in [2.75, 3.05) is 29.9 Å². The van der Waals surface area contributed by atoms with E-state index in [0.717, 1.165) is 36.2 Å². The first-order chi connectivity index (χ1) is 13.1. The molecule has 1 atom stereocenters. The highest BCUT2D eigenvalue weighted by Gasteiger charge is 2.28. The van der Waals surface area contributed by atoms with Crippen LogP contribution in [0.1, 0.15) is 29.9 Å². The number of anilines is 2. The third kappa shape index (κ3) is 3.58. The van der Waals surface area contributed by atoms with Gasteiger partial charge in [0.2, 0.25) is 11.8 Å². The predicted octanol–water partition coefficient (Wildman–Crippen LogP) is 1.78. The summed E-state index contributed by atoms with van der Waals surface area (Å²) in [6, 6.07) is 8.99. The van der Waals surface area contributed by atoms with Gasteiger partial charge in [0.25, 0.3) is 0 Å². The second kappa shape index (κ2) is 7.26. The summed E-state index contributed by atoms with van der Waals surface area (Å²) >= 11 is 0. The standard InChI is InChI=1S/C20H22N4O3/c25-17-6-2-3-14-15(17)4-1-5-16(14)20(27)23-13-7-8-18(22-11-13)24-10-9-21-19(26)12-24/h2-3,6-8,11,16,25H,1,4-5,9-10,12H2,(H,21,26)(H,23,27)/t16-/m1/s1. The first kappa shape index (κ1) is 17.3. The highest BCUT2D eigenvalue weighted by molar-refractivity contribution is 5.96. The summed E-state index contributed by atoms with van der Waals surface area (Å²) in [6.45, 7) is 1.61. The summed E-state index contributed by atoms with van der Waals surface area (Å²) in [5, 5.41) is 15.8. The number of fused-ring (bicyclic) bond motifs is 1. The van der Waals surface area contributed by atoms with Crippen LogP contribution in [0.25, 0.3) is 0 Å². The molecule has 140 valence electrons. The van der Waals surface area contributed by atoms with Crippen molar-refractivity contribution in [1.82, 2.24) is 10.3 Å². The topological polar surface area (TPSA) is 94.6 Å². The first-order valence-electron chi connectivity index (χ1n) is 9.21. The molecule has 2 aromatic rings. The Bertz CT molecular complexity index is 866. The molecule has 2 heterocycles. The smallest absolute Gasteiger partial charge is 0.239 e. The van der Waals surface area contributed by atoms with Crippen LogP contribution >= 0.6 is 0 Å². The number of nitrogens with zero attached hydrogens (tertiary/aromatic N) is 2. The van der Waals surface area contributed by atoms with Gasteiger partial charge in [-0.25, -0.2) is 4.98 Å². The lowest BCUT2D eigenvalue weighted by molar-refractivity contribution is -0.120. The van der Waals surface area contributed by atoms with E-state index < -0.39 is 0 Å². The summed E-state index contributed by atoms with van der Waals surface area (Å²) in [7, 11) is 0. The molecular formula is C20H22N4O3. The minimum Gasteiger partial charge on any atom is -0.508 e. The molecule has 2 aliphatic rings. The van der Waals surface area contributed by atoms with Gasteiger partial charge in [-0.05, 0) is 48.6 Å². The zero-order valence-electron chi connectivity index (χ0n) is 14.9. The van der Waals surface area contributed by atoms with Gasteiger partial charge < -0.3 is 20.6 Å². The van der Waals surface area contributed by atoms with E-state index in [2.05, 4.69) is 15.6 Å². The van der Waals surface area contributed by atoms with Gasteiger partial charge in [-0.15, -0.1) is 0 Å². The molecule has 0 saturated carbocycles. The van der Waals surface area contributed by atoms with Crippen molar-refractivity contribution < 1.29 is 14.7 Å². The number of carbonyl (C=O) groups is 2. The summed E-state index contributed by atoms with van der Waals surface area (Å²) in [6.07, 6.45) is 4.05. The monoisotopic (exact) mass is 366 g/mol. The van der Waals surface area contributed by atoms with Crippen molar-refractivity contribution in [3.63, 3.8) is 0 Å². The molecule has 1 aliphatic heterocycles. The number of amides is 2. The Morgan fingerprint density at radius 2 is 2.19 bits per heavy atom. The van der Waals surface area contributed by atoms with E-state index in [9.17, 15) is 14.7 Å². The van der Waals surface area contributed by atoms with Gasteiger partial charge in [-0.1, -0.05) is 12.1 Å². The van der Waals surface area contributed by atoms with Crippen LogP contribution in [0.15, 0.2) is 36.5 Å². The third-order valence-electron chi connectivity index (χ3n) is 5.18. The number of hydrogen-bond acceptors (Lipinski definition) is 5. The normalized spacial score (nSPS) is 19.2. The van der Waals surface area contributed by atoms with E-state index >= 15 is 0 Å². The highest BCUT2D eigenvalue weighted by atomic mass is 16.3. The van der Waals surface area contributed by atoms with Crippen LogP contribution in [0.4, 0.5) is 11.5 Å². The molecule has 0 spiro atoms. The Hall–Kier alpha value is -3.09. The molecule has 3 N–H and O–H groups in total. The summed E-state index contributed by atoms with van der Waals surface area (Å²) in [4.78, 5) is 30.6. The van der Waals surface area contributed by atoms with Gasteiger partial charge in [-0.3, -0.25) is 9.59 Å². The van der Waals surface area contributed by atoms with Gasteiger partial charge in [-0.2, -0.15) is 0 Å². The quantitative estimate of drug-likeness (QED) is 0.770. The number of hydrogen-bond donors (Lipinski definition) is 3. The number of phenolic OH excluding ortho intramolecular Hbond substituents is 1. The maximum atomic E-state index is 12.8. The summed E-state index contributed by atoms with van der Waals surface area (Å²) in [5.74, 6) is 0.608. The number of rotatable bonds is 3. The van der Waals surface area contributed by atoms with E-state index in [1.165, 1.54) is 0 Å². The van der Waals surface area contributed by atoms with Crippen LogP contribution in [0.5, 0.6) is 5.75 Å². The maximum Gasteiger partial charge on any atom is 0.239 e. The molecule has 1 aliphatic carbocycles. The minimum absolute atomic E-state index is 0.0142. The minimum atomic E-state index is -0.272. The fraction of sp³-hybridized carbons (Fsp3) is 0.350. The molecule has 7 nitrogen and oxygen atoms in total. The number of aromatic hydroxyl groups is 1. The fourth-order valence-electron chi connectivity index (χ4n) is 3.81. The Labute approximate surface area is 157 Å². The molecule has 7 heteroatoms. The van der Waals surface area contributed by atoms with Crippen molar-refractivity contribution in [2.45, 2.75) is 25.2 Å². The number of phenols is 1. The molecule has 1 fully saturated rings. The lowest BCUT2D eigenvalue weighted by Crippen LogP contribution is -2.48. The van der Waals surface area contributed by atoms with Crippen molar-refractivity contribution in [1.29, 1.82) is 0 Å². The molecule has 4 rings (SSSR count). The molecule has 27 heavy (non-hydrogen) atoms. The van der Waals surface area contributed by atoms with Gasteiger partial charge in [0, 0.05) is 13.1 Å². The molecule has 0 unspecified atom stereocenters. The van der Waals surface area contributed by atoms with Crippen LogP contribution < -0.4 is 15.5 Å². The SMILES string of the molecule is O=C1CN(c2ccc(NC(=O)[C@@H]3CCCc4c(O)cccc43)cn2)CCN1. The zero-order valence-corrected chi connectivity index (χ0v) is 14.9. The first-order valence-corrected chi connectivity index (χ1v) is 9.21. The van der Waals surface area contributed by atoms with Gasteiger partial charge in [0.05, 0.1) is 24.3 Å². The van der Waals surface area contributed by atoms with E-state index in [1.54, 1.807) is 24.4 Å². The molecule has 1 aromatic heterocycles. The fourth-order valence-corrected chi connectivity index (χ4v) is 3.81. The number of nitrogens with one attached hydrogen (secondary N) is 2. The average Bonchev–Trinajstić information content (AvgIpc) is 2.68. The lowest BCUT2D eigenvalue weighted by Gasteiger charge is -2.27. The average molecular weight is 366 g/mol. The predicted molar refractivity (Wildman–Crippen MR) is 102 cm³/mol. The number of pyridine rings is 1. The van der Waals surface area contributed by atoms with Crippen LogP contribution in [-0.2, 0) is 16.0 Å². The van der Waals surface area contributed by atoms with Crippen molar-refractivity contribution in [3.8, 4) is 5.75 Å². The van der Waals surface area contributed by atoms with Crippen LogP contribution in [-0.4, -0.2) is 41.5 Å². The van der Waals surface area contributed by atoms with E-state index in [0.29, 0.717) is 25.3 Å². The van der Waals surface area contributed by atoms with Gasteiger partial charge >= 0.3 is 0 Å². The maximum absolute atomic E-state index is 12.8. The van der Waals surface area contributed by atoms with Crippen molar-refractivity contribution >= 4 is 23.3 Å². The molecule has 0 radical (unpaired) electrons. The summed E-state index contributed by atoms with van der Waals surface area (Å²) < 4.78 is 0. The Balaban J connectivity index is 1.46. The number of carbonyl (C=O) groups excluding carboxylic acids is 2. The number of piperazine rings is 1. The molecule has 1 aromatic carbocycles. The zero-order chi connectivity index (χ0) is 18.8. The number of benzene rings is 1. The van der Waals surface area contributed by atoms with Crippen molar-refractivity contribution in [2.24, 2.45) is 0 Å². The van der Waals surface area contributed by atoms with Gasteiger partial charge in [0.1, 0.15) is 11.6 Å². The second-order valence-electron chi connectivity index (χ2n) is 6.96. The Morgan fingerprint density at radius 1 is 1.30 bits per heavy atom. The molecular weight excluding hydrogens is 344 g/mol. The van der Waals surface area contributed by atoms with E-state index in [4.69, 9.17) is 0 Å². The summed E-state index contributed by atoms with van der Waals surface area (Å²) in [5.41, 5.74) is 2.40. The Morgan fingerprint density at radius 3 is 2.96 bits per heavy atom. The Kier molecular flexibility index (Phi) is 4.66. The van der Waals surface area contributed by atoms with Crippen LogP contribution in [0.2, 0.25) is 0 Å². The van der Waals surface area contributed by atoms with Crippen LogP contribution in [0, 0.1) is 0 Å². The third-order valence-corrected chi connectivity index (χ3v) is 5.18. The van der Waals surface area contributed by atoms with E-state index in [-0.39, 0.29) is 23.5 Å². The van der Waals surface area contributed by atoms with Crippen molar-refractivity contribution in [3.05, 3.63) is 47.7 Å². The second-order valence-corrected chi connectivity index (χ2v) is 6.96. The molecule has 2 amide bonds. The molecule has 0 bridgehead atoms. The number of aromatic nitrogens is 1. The lowest BCUT2D eigenvalue weighted by atomic mass is 9.82. The van der Waals surface area contributed by atoms with E-state index in [1.807, 2.05) is 17.0 Å². The largest absolute Gasteiger partial charge is 0.508 e. The van der Waals surface area contributed by atoms with Gasteiger partial charge in [0.15, 0.2) is 0 Å². The molecule has 1 saturated heterocycles.